The van der Waals surface area contributed by atoms with Crippen molar-refractivity contribution in [3.63, 3.8) is 0 Å². The van der Waals surface area contributed by atoms with Crippen LogP contribution < -0.4 is 0 Å². The highest BCUT2D eigenvalue weighted by molar-refractivity contribution is 8.03. The van der Waals surface area contributed by atoms with Gasteiger partial charge in [0.1, 0.15) is 0 Å². The lowest BCUT2D eigenvalue weighted by Crippen LogP contribution is -2.25. The highest BCUT2D eigenvalue weighted by Gasteiger charge is 2.34. The van der Waals surface area contributed by atoms with E-state index in [1.807, 2.05) is 6.21 Å². The van der Waals surface area contributed by atoms with Crippen molar-refractivity contribution in [3.05, 3.63) is 11.0 Å². The van der Waals surface area contributed by atoms with Crippen LogP contribution in [-0.4, -0.2) is 29.1 Å². The number of aliphatic imine (C=N–C) groups is 1. The number of hydrogen-bond acceptors (Lipinski definition) is 3. The SMILES string of the molecule is O=C(O)C1=CSC2CN=CCC12. The first-order valence-electron chi connectivity index (χ1n) is 3.86. The van der Waals surface area contributed by atoms with Crippen LogP contribution in [0.4, 0.5) is 0 Å². The second-order valence-corrected chi connectivity index (χ2v) is 4.06. The van der Waals surface area contributed by atoms with Crippen LogP contribution in [0.5, 0.6) is 0 Å². The Morgan fingerprint density at radius 3 is 3.33 bits per heavy atom. The average molecular weight is 183 g/mol. The summed E-state index contributed by atoms with van der Waals surface area (Å²) in [6, 6.07) is 0. The van der Waals surface area contributed by atoms with E-state index in [2.05, 4.69) is 4.99 Å². The van der Waals surface area contributed by atoms with E-state index in [1.54, 1.807) is 17.2 Å². The van der Waals surface area contributed by atoms with Crippen molar-refractivity contribution < 1.29 is 9.90 Å². The molecule has 2 aliphatic heterocycles. The molecular weight excluding hydrogens is 174 g/mol. The quantitative estimate of drug-likeness (QED) is 0.663. The highest BCUT2D eigenvalue weighted by Crippen LogP contribution is 2.39. The molecule has 12 heavy (non-hydrogen) atoms. The van der Waals surface area contributed by atoms with Crippen molar-refractivity contribution in [1.82, 2.24) is 0 Å². The third-order valence-electron chi connectivity index (χ3n) is 2.24. The number of nitrogens with zero attached hydrogens (tertiary/aromatic N) is 1. The molecule has 0 aromatic carbocycles. The summed E-state index contributed by atoms with van der Waals surface area (Å²) in [6.07, 6.45) is 2.62. The minimum Gasteiger partial charge on any atom is -0.478 e. The van der Waals surface area contributed by atoms with Crippen LogP contribution in [0.15, 0.2) is 16.0 Å². The first-order valence-corrected chi connectivity index (χ1v) is 4.80. The highest BCUT2D eigenvalue weighted by atomic mass is 32.2. The van der Waals surface area contributed by atoms with E-state index < -0.39 is 5.97 Å². The summed E-state index contributed by atoms with van der Waals surface area (Å²) in [5.74, 6) is -0.574. The molecule has 0 fully saturated rings. The number of carboxylic acid groups (broad SMARTS) is 1. The molecule has 3 nitrogen and oxygen atoms in total. The third-order valence-corrected chi connectivity index (χ3v) is 3.46. The van der Waals surface area contributed by atoms with E-state index in [9.17, 15) is 4.79 Å². The van der Waals surface area contributed by atoms with Gasteiger partial charge in [-0.3, -0.25) is 4.99 Å². The number of thioether (sulfide) groups is 1. The molecule has 2 heterocycles. The van der Waals surface area contributed by atoms with Gasteiger partial charge in [-0.05, 0) is 18.0 Å². The van der Waals surface area contributed by atoms with Gasteiger partial charge in [0, 0.05) is 16.7 Å². The normalized spacial score (nSPS) is 32.8. The molecule has 2 unspecified atom stereocenters. The van der Waals surface area contributed by atoms with Crippen molar-refractivity contribution in [2.24, 2.45) is 10.9 Å². The Bertz CT molecular complexity index is 272. The number of carboxylic acids is 1. The van der Waals surface area contributed by atoms with Crippen LogP contribution in [0.25, 0.3) is 0 Å². The van der Waals surface area contributed by atoms with E-state index >= 15 is 0 Å². The van der Waals surface area contributed by atoms with Gasteiger partial charge in [0.2, 0.25) is 0 Å². The fourth-order valence-electron chi connectivity index (χ4n) is 1.57. The molecule has 1 N–H and O–H groups in total. The molecule has 2 atom stereocenters. The minimum absolute atomic E-state index is 0.199. The molecule has 2 aliphatic rings. The lowest BCUT2D eigenvalue weighted by atomic mass is 9.92. The molecule has 2 rings (SSSR count). The topological polar surface area (TPSA) is 49.7 Å². The zero-order valence-corrected chi connectivity index (χ0v) is 7.25. The zero-order valence-electron chi connectivity index (χ0n) is 6.43. The van der Waals surface area contributed by atoms with Gasteiger partial charge in [-0.25, -0.2) is 4.79 Å². The Balaban J connectivity index is 2.19. The fourth-order valence-corrected chi connectivity index (χ4v) is 2.78. The lowest BCUT2D eigenvalue weighted by molar-refractivity contribution is -0.133. The Hall–Kier alpha value is -0.770. The Morgan fingerprint density at radius 1 is 1.75 bits per heavy atom. The third kappa shape index (κ3) is 1.16. The van der Waals surface area contributed by atoms with Crippen LogP contribution in [-0.2, 0) is 4.79 Å². The molecule has 0 aromatic heterocycles. The number of fused-ring (bicyclic) bond motifs is 1. The summed E-state index contributed by atoms with van der Waals surface area (Å²) in [5.41, 5.74) is 0.566. The van der Waals surface area contributed by atoms with Crippen molar-refractivity contribution in [1.29, 1.82) is 0 Å². The van der Waals surface area contributed by atoms with Gasteiger partial charge in [-0.1, -0.05) is 0 Å². The summed E-state index contributed by atoms with van der Waals surface area (Å²) >= 11 is 1.61. The lowest BCUT2D eigenvalue weighted by Gasteiger charge is -2.20. The summed E-state index contributed by atoms with van der Waals surface area (Å²) in [4.78, 5) is 14.9. The summed E-state index contributed by atoms with van der Waals surface area (Å²) in [5, 5.41) is 11.0. The maximum absolute atomic E-state index is 10.7. The predicted molar refractivity (Wildman–Crippen MR) is 48.6 cm³/mol. The average Bonchev–Trinajstić information content (AvgIpc) is 2.47. The van der Waals surface area contributed by atoms with Crippen LogP contribution in [0.3, 0.4) is 0 Å². The predicted octanol–water partition coefficient (Wildman–Crippen LogP) is 1.16. The Labute approximate surface area is 74.6 Å². The van der Waals surface area contributed by atoms with Crippen molar-refractivity contribution in [2.45, 2.75) is 11.7 Å². The van der Waals surface area contributed by atoms with Crippen LogP contribution in [0.2, 0.25) is 0 Å². The molecule has 0 aromatic rings. The minimum atomic E-state index is -0.773. The fraction of sp³-hybridized carbons (Fsp3) is 0.500. The van der Waals surface area contributed by atoms with E-state index in [0.717, 1.165) is 13.0 Å². The second kappa shape index (κ2) is 2.94. The van der Waals surface area contributed by atoms with Gasteiger partial charge in [0.15, 0.2) is 0 Å². The van der Waals surface area contributed by atoms with Crippen molar-refractivity contribution >= 4 is 23.9 Å². The van der Waals surface area contributed by atoms with E-state index in [-0.39, 0.29) is 5.92 Å². The summed E-state index contributed by atoms with van der Waals surface area (Å²) < 4.78 is 0. The van der Waals surface area contributed by atoms with Gasteiger partial charge >= 0.3 is 5.97 Å². The van der Waals surface area contributed by atoms with Crippen LogP contribution in [0.1, 0.15) is 6.42 Å². The molecule has 0 radical (unpaired) electrons. The molecule has 0 aliphatic carbocycles. The van der Waals surface area contributed by atoms with Crippen molar-refractivity contribution in [2.75, 3.05) is 6.54 Å². The smallest absolute Gasteiger partial charge is 0.332 e. The maximum Gasteiger partial charge on any atom is 0.332 e. The largest absolute Gasteiger partial charge is 0.478 e. The maximum atomic E-state index is 10.7. The number of rotatable bonds is 1. The molecule has 4 heteroatoms. The number of carbonyl (C=O) groups is 1. The first-order chi connectivity index (χ1) is 5.79. The molecule has 0 spiro atoms. The Morgan fingerprint density at radius 2 is 2.58 bits per heavy atom. The summed E-state index contributed by atoms with van der Waals surface area (Å²) in [7, 11) is 0. The molecule has 0 bridgehead atoms. The molecule has 0 amide bonds. The Kier molecular flexibility index (Phi) is 1.92. The zero-order chi connectivity index (χ0) is 8.55. The van der Waals surface area contributed by atoms with Crippen LogP contribution in [0, 0.1) is 5.92 Å². The van der Waals surface area contributed by atoms with Gasteiger partial charge in [0.25, 0.3) is 0 Å². The van der Waals surface area contributed by atoms with E-state index in [0.29, 0.717) is 10.8 Å². The standard InChI is InChI=1S/C8H9NO2S/c10-8(11)6-4-12-7-3-9-2-1-5(6)7/h2,4-5,7H,1,3H2,(H,10,11). The molecule has 0 saturated carbocycles. The van der Waals surface area contributed by atoms with E-state index in [1.165, 1.54) is 0 Å². The van der Waals surface area contributed by atoms with Crippen molar-refractivity contribution in [3.8, 4) is 0 Å². The monoisotopic (exact) mass is 183 g/mol. The molecular formula is C8H9NO2S. The van der Waals surface area contributed by atoms with E-state index in [4.69, 9.17) is 5.11 Å². The molecule has 64 valence electrons. The van der Waals surface area contributed by atoms with Gasteiger partial charge in [-0.15, -0.1) is 11.8 Å². The second-order valence-electron chi connectivity index (χ2n) is 2.94. The van der Waals surface area contributed by atoms with Crippen LogP contribution >= 0.6 is 11.8 Å². The summed E-state index contributed by atoms with van der Waals surface area (Å²) in [6.45, 7) is 0.766. The number of aliphatic carboxylic acids is 1. The van der Waals surface area contributed by atoms with Gasteiger partial charge < -0.3 is 5.11 Å². The number of hydrogen-bond donors (Lipinski definition) is 1. The van der Waals surface area contributed by atoms with Gasteiger partial charge in [-0.2, -0.15) is 0 Å². The van der Waals surface area contributed by atoms with Gasteiger partial charge in [0.05, 0.1) is 6.54 Å². The first kappa shape index (κ1) is 7.86. The molecule has 0 saturated heterocycles.